The van der Waals surface area contributed by atoms with Crippen LogP contribution in [0.1, 0.15) is 34.6 Å². The van der Waals surface area contributed by atoms with Gasteiger partial charge in [-0.3, -0.25) is 24.3 Å². The van der Waals surface area contributed by atoms with Gasteiger partial charge in [0.25, 0.3) is 11.8 Å². The minimum atomic E-state index is -0.943. The Bertz CT molecular complexity index is 1400. The molecule has 2 aromatic heterocycles. The Balaban J connectivity index is 1.38. The molecule has 0 saturated heterocycles. The molecule has 5 rings (SSSR count). The molecule has 0 bridgehead atoms. The minimum Gasteiger partial charge on any atom is -0.324 e. The molecule has 4 aromatic rings. The highest BCUT2D eigenvalue weighted by Crippen LogP contribution is 2.30. The molecular formula is C27H22N4O3S. The number of imide groups is 1. The molecule has 3 amide bonds. The molecule has 3 heterocycles. The van der Waals surface area contributed by atoms with Gasteiger partial charge in [-0.2, -0.15) is 0 Å². The van der Waals surface area contributed by atoms with Crippen molar-refractivity contribution in [3.63, 3.8) is 0 Å². The lowest BCUT2D eigenvalue weighted by Crippen LogP contribution is -2.50. The summed E-state index contributed by atoms with van der Waals surface area (Å²) in [4.78, 5) is 49.4. The van der Waals surface area contributed by atoms with Crippen molar-refractivity contribution < 1.29 is 14.4 Å². The van der Waals surface area contributed by atoms with Gasteiger partial charge in [-0.25, -0.2) is 4.98 Å². The predicted octanol–water partition coefficient (Wildman–Crippen LogP) is 5.13. The number of benzene rings is 2. The van der Waals surface area contributed by atoms with Gasteiger partial charge >= 0.3 is 0 Å². The Morgan fingerprint density at radius 1 is 0.914 bits per heavy atom. The number of carbonyl (C=O) groups is 3. The van der Waals surface area contributed by atoms with E-state index in [0.29, 0.717) is 16.8 Å². The standard InChI is InChI=1S/C27H22N4O3S/c1-16(2)23(31-26(33)19-10-3-4-11-20(19)27(31)34)24(32)29-18-9-7-8-17(14-18)22-15-35-25(30-22)21-12-5-6-13-28-21/h3-16,23H,1-2H3,(H,29,32). The van der Waals surface area contributed by atoms with Crippen molar-refractivity contribution in [2.75, 3.05) is 5.32 Å². The SMILES string of the molecule is CC(C)C(C(=O)Nc1cccc(-c2csc(-c3ccccn3)n2)c1)N1C(=O)c2ccccc2C1=O. The first-order valence-electron chi connectivity index (χ1n) is 11.2. The molecule has 0 saturated carbocycles. The van der Waals surface area contributed by atoms with Crippen molar-refractivity contribution in [2.45, 2.75) is 19.9 Å². The van der Waals surface area contributed by atoms with Crippen LogP contribution in [0.5, 0.6) is 0 Å². The van der Waals surface area contributed by atoms with Gasteiger partial charge in [0.1, 0.15) is 11.0 Å². The van der Waals surface area contributed by atoms with Gasteiger partial charge in [0.05, 0.1) is 22.5 Å². The Morgan fingerprint density at radius 3 is 2.29 bits per heavy atom. The van der Waals surface area contributed by atoms with E-state index in [-0.39, 0.29) is 5.92 Å². The van der Waals surface area contributed by atoms with Crippen LogP contribution in [0.25, 0.3) is 22.0 Å². The third-order valence-corrected chi connectivity index (χ3v) is 6.68. The molecule has 0 aliphatic carbocycles. The van der Waals surface area contributed by atoms with Gasteiger partial charge in [0, 0.05) is 22.8 Å². The number of hydrogen-bond donors (Lipinski definition) is 1. The van der Waals surface area contributed by atoms with Crippen LogP contribution in [0.3, 0.4) is 0 Å². The second kappa shape index (κ2) is 9.23. The van der Waals surface area contributed by atoms with Crippen LogP contribution in [0.15, 0.2) is 78.3 Å². The Labute approximate surface area is 206 Å². The van der Waals surface area contributed by atoms with Crippen LogP contribution in [0.4, 0.5) is 5.69 Å². The highest BCUT2D eigenvalue weighted by molar-refractivity contribution is 7.13. The van der Waals surface area contributed by atoms with Crippen LogP contribution in [0, 0.1) is 5.92 Å². The number of hydrogen-bond acceptors (Lipinski definition) is 6. The molecule has 1 atom stereocenters. The monoisotopic (exact) mass is 482 g/mol. The maximum atomic E-state index is 13.3. The molecule has 174 valence electrons. The van der Waals surface area contributed by atoms with Crippen LogP contribution < -0.4 is 5.32 Å². The van der Waals surface area contributed by atoms with E-state index < -0.39 is 23.8 Å². The summed E-state index contributed by atoms with van der Waals surface area (Å²) in [7, 11) is 0. The number of aromatic nitrogens is 2. The van der Waals surface area contributed by atoms with Crippen LogP contribution in [0.2, 0.25) is 0 Å². The smallest absolute Gasteiger partial charge is 0.262 e. The minimum absolute atomic E-state index is 0.278. The van der Waals surface area contributed by atoms with Gasteiger partial charge in [0.2, 0.25) is 5.91 Å². The molecule has 8 heteroatoms. The van der Waals surface area contributed by atoms with E-state index in [4.69, 9.17) is 0 Å². The number of anilines is 1. The Kier molecular flexibility index (Phi) is 5.96. The normalized spacial score (nSPS) is 13.7. The molecule has 0 spiro atoms. The Hall–Kier alpha value is -4.17. The third kappa shape index (κ3) is 4.24. The third-order valence-electron chi connectivity index (χ3n) is 5.82. The zero-order chi connectivity index (χ0) is 24.5. The molecule has 1 aliphatic rings. The van der Waals surface area contributed by atoms with Crippen molar-refractivity contribution in [3.8, 4) is 22.0 Å². The van der Waals surface area contributed by atoms with Crippen molar-refractivity contribution in [1.82, 2.24) is 14.9 Å². The summed E-state index contributed by atoms with van der Waals surface area (Å²) in [6.45, 7) is 3.64. The summed E-state index contributed by atoms with van der Waals surface area (Å²) in [6, 6.07) is 18.7. The van der Waals surface area contributed by atoms with Gasteiger partial charge in [-0.15, -0.1) is 11.3 Å². The van der Waals surface area contributed by atoms with E-state index in [1.54, 1.807) is 36.5 Å². The molecule has 7 nitrogen and oxygen atoms in total. The predicted molar refractivity (Wildman–Crippen MR) is 135 cm³/mol. The fourth-order valence-electron chi connectivity index (χ4n) is 4.16. The fourth-order valence-corrected chi connectivity index (χ4v) is 4.97. The number of thiazole rings is 1. The summed E-state index contributed by atoms with van der Waals surface area (Å²) < 4.78 is 0. The number of amides is 3. The highest BCUT2D eigenvalue weighted by atomic mass is 32.1. The van der Waals surface area contributed by atoms with Gasteiger partial charge in [-0.05, 0) is 42.3 Å². The summed E-state index contributed by atoms with van der Waals surface area (Å²) in [6.07, 6.45) is 1.73. The van der Waals surface area contributed by atoms with E-state index in [1.165, 1.54) is 11.3 Å². The molecule has 1 aliphatic heterocycles. The zero-order valence-electron chi connectivity index (χ0n) is 19.1. The van der Waals surface area contributed by atoms with Gasteiger partial charge < -0.3 is 5.32 Å². The molecular weight excluding hydrogens is 460 g/mol. The zero-order valence-corrected chi connectivity index (χ0v) is 20.0. The van der Waals surface area contributed by atoms with E-state index >= 15 is 0 Å². The lowest BCUT2D eigenvalue weighted by molar-refractivity contribution is -0.121. The van der Waals surface area contributed by atoms with E-state index in [0.717, 1.165) is 26.9 Å². The topological polar surface area (TPSA) is 92.3 Å². The second-order valence-electron chi connectivity index (χ2n) is 8.54. The summed E-state index contributed by atoms with van der Waals surface area (Å²) in [5.41, 5.74) is 3.61. The lowest BCUT2D eigenvalue weighted by atomic mass is 10.0. The first-order chi connectivity index (χ1) is 16.9. The number of rotatable bonds is 6. The molecule has 1 unspecified atom stereocenters. The molecule has 0 fully saturated rings. The van der Waals surface area contributed by atoms with E-state index in [2.05, 4.69) is 15.3 Å². The summed E-state index contributed by atoms with van der Waals surface area (Å²) in [5.74, 6) is -1.59. The van der Waals surface area contributed by atoms with Gasteiger partial charge in [-0.1, -0.05) is 44.2 Å². The molecule has 35 heavy (non-hydrogen) atoms. The number of nitrogens with one attached hydrogen (secondary N) is 1. The highest BCUT2D eigenvalue weighted by Gasteiger charge is 2.43. The second-order valence-corrected chi connectivity index (χ2v) is 9.40. The van der Waals surface area contributed by atoms with Crippen LogP contribution in [-0.4, -0.2) is 38.6 Å². The van der Waals surface area contributed by atoms with E-state index in [1.807, 2.05) is 55.6 Å². The first kappa shape index (κ1) is 22.6. The Morgan fingerprint density at radius 2 is 1.63 bits per heavy atom. The molecule has 0 radical (unpaired) electrons. The largest absolute Gasteiger partial charge is 0.324 e. The van der Waals surface area contributed by atoms with E-state index in [9.17, 15) is 14.4 Å². The molecule has 1 N–H and O–H groups in total. The number of carbonyl (C=O) groups excluding carboxylic acids is 3. The maximum Gasteiger partial charge on any atom is 0.262 e. The summed E-state index contributed by atoms with van der Waals surface area (Å²) >= 11 is 1.49. The van der Waals surface area contributed by atoms with Crippen LogP contribution in [-0.2, 0) is 4.79 Å². The van der Waals surface area contributed by atoms with Gasteiger partial charge in [0.15, 0.2) is 0 Å². The maximum absolute atomic E-state index is 13.3. The lowest BCUT2D eigenvalue weighted by Gasteiger charge is -2.28. The number of nitrogens with zero attached hydrogens (tertiary/aromatic N) is 3. The summed E-state index contributed by atoms with van der Waals surface area (Å²) in [5, 5.41) is 5.65. The van der Waals surface area contributed by atoms with Crippen molar-refractivity contribution in [2.24, 2.45) is 5.92 Å². The van der Waals surface area contributed by atoms with Crippen molar-refractivity contribution in [3.05, 3.63) is 89.4 Å². The van der Waals surface area contributed by atoms with Crippen molar-refractivity contribution in [1.29, 1.82) is 0 Å². The first-order valence-corrected chi connectivity index (χ1v) is 12.1. The van der Waals surface area contributed by atoms with Crippen molar-refractivity contribution >= 4 is 34.7 Å². The van der Waals surface area contributed by atoms with Crippen LogP contribution >= 0.6 is 11.3 Å². The average molecular weight is 483 g/mol. The number of fused-ring (bicyclic) bond motifs is 1. The molecule has 2 aromatic carbocycles. The fraction of sp³-hybridized carbons (Fsp3) is 0.148. The quantitative estimate of drug-likeness (QED) is 0.385. The number of pyridine rings is 1. The average Bonchev–Trinajstić information content (AvgIpc) is 3.45.